The molecule has 0 saturated carbocycles. The molecular weight excluding hydrogens is 496 g/mol. The number of rotatable bonds is 2. The van der Waals surface area contributed by atoms with Gasteiger partial charge in [-0.1, -0.05) is 71.8 Å². The Kier molecular flexibility index (Phi) is 4.41. The molecular formula is C34H24N4O2. The quantitative estimate of drug-likeness (QED) is 0.253. The fraction of sp³-hybridized carbons (Fsp3) is 0.118. The lowest BCUT2D eigenvalue weighted by Gasteiger charge is -2.34. The summed E-state index contributed by atoms with van der Waals surface area (Å²) in [6.45, 7) is 4.22. The highest BCUT2D eigenvalue weighted by Crippen LogP contribution is 2.55. The van der Waals surface area contributed by atoms with Gasteiger partial charge in [0.25, 0.3) is 11.8 Å². The molecule has 2 aliphatic rings. The van der Waals surface area contributed by atoms with E-state index in [4.69, 9.17) is 9.97 Å². The summed E-state index contributed by atoms with van der Waals surface area (Å²) in [5.41, 5.74) is 8.07. The van der Waals surface area contributed by atoms with Gasteiger partial charge in [0, 0.05) is 24.0 Å². The molecule has 0 radical (unpaired) electrons. The van der Waals surface area contributed by atoms with Gasteiger partial charge in [-0.15, -0.1) is 0 Å². The molecule has 6 heteroatoms. The van der Waals surface area contributed by atoms with Crippen LogP contribution < -0.4 is 0 Å². The van der Waals surface area contributed by atoms with Crippen molar-refractivity contribution >= 4 is 33.6 Å². The first kappa shape index (κ1) is 22.8. The number of fused-ring (bicyclic) bond motifs is 7. The fourth-order valence-corrected chi connectivity index (χ4v) is 6.71. The Labute approximate surface area is 230 Å². The Morgan fingerprint density at radius 3 is 1.80 bits per heavy atom. The zero-order chi connectivity index (χ0) is 27.3. The molecule has 1 aliphatic carbocycles. The second kappa shape index (κ2) is 7.73. The van der Waals surface area contributed by atoms with Crippen molar-refractivity contribution in [2.24, 2.45) is 0 Å². The zero-order valence-corrected chi connectivity index (χ0v) is 22.3. The number of carbonyl (C=O) groups is 2. The molecule has 0 fully saturated rings. The van der Waals surface area contributed by atoms with Gasteiger partial charge in [0.15, 0.2) is 11.4 Å². The molecule has 0 saturated heterocycles. The highest BCUT2D eigenvalue weighted by Gasteiger charge is 2.51. The normalized spacial score (nSPS) is 15.1. The van der Waals surface area contributed by atoms with Gasteiger partial charge in [0.1, 0.15) is 5.69 Å². The van der Waals surface area contributed by atoms with Crippen LogP contribution in [0.5, 0.6) is 0 Å². The summed E-state index contributed by atoms with van der Waals surface area (Å²) in [6, 6.07) is 29.8. The first-order valence-corrected chi connectivity index (χ1v) is 13.3. The molecule has 0 spiro atoms. The summed E-state index contributed by atoms with van der Waals surface area (Å²) in [7, 11) is 1.49. The van der Waals surface area contributed by atoms with Crippen molar-refractivity contribution in [3.8, 4) is 11.1 Å². The minimum atomic E-state index is -0.989. The number of aromatic nitrogens is 3. The molecule has 4 aromatic carbocycles. The maximum atomic E-state index is 13.2. The summed E-state index contributed by atoms with van der Waals surface area (Å²) in [5.74, 6) is -0.331. The average Bonchev–Trinajstić information content (AvgIpc) is 3.53. The molecule has 6 aromatic rings. The van der Waals surface area contributed by atoms with Crippen LogP contribution in [0.15, 0.2) is 91.1 Å². The maximum Gasteiger partial charge on any atom is 0.280 e. The highest BCUT2D eigenvalue weighted by atomic mass is 16.2. The Morgan fingerprint density at radius 2 is 1.23 bits per heavy atom. The van der Waals surface area contributed by atoms with Crippen molar-refractivity contribution in [2.75, 3.05) is 7.05 Å². The van der Waals surface area contributed by atoms with Gasteiger partial charge in [-0.25, -0.2) is 9.97 Å². The largest absolute Gasteiger partial charge is 0.319 e. The van der Waals surface area contributed by atoms with Crippen LogP contribution in [0.25, 0.3) is 32.9 Å². The van der Waals surface area contributed by atoms with Gasteiger partial charge in [-0.3, -0.25) is 14.5 Å². The van der Waals surface area contributed by atoms with Gasteiger partial charge in [0.05, 0.1) is 16.6 Å². The first-order chi connectivity index (χ1) is 19.4. The number of hydrogen-bond donors (Lipinski definition) is 0. The molecule has 192 valence electrons. The van der Waals surface area contributed by atoms with Crippen molar-refractivity contribution in [2.45, 2.75) is 19.4 Å². The van der Waals surface area contributed by atoms with E-state index in [-0.39, 0.29) is 17.2 Å². The Bertz CT molecular complexity index is 2000. The van der Waals surface area contributed by atoms with Crippen LogP contribution in [-0.4, -0.2) is 38.3 Å². The number of amides is 2. The minimum absolute atomic E-state index is 0.145. The Hall–Kier alpha value is -5.10. The van der Waals surface area contributed by atoms with Gasteiger partial charge in [0.2, 0.25) is 0 Å². The number of carbonyl (C=O) groups excluding carboxylic acids is 2. The smallest absolute Gasteiger partial charge is 0.280 e. The number of imide groups is 1. The van der Waals surface area contributed by atoms with E-state index in [0.29, 0.717) is 5.82 Å². The summed E-state index contributed by atoms with van der Waals surface area (Å²) in [5, 5.41) is 2.29. The first-order valence-electron chi connectivity index (χ1n) is 13.3. The van der Waals surface area contributed by atoms with E-state index in [1.807, 2.05) is 24.3 Å². The van der Waals surface area contributed by atoms with Gasteiger partial charge in [-0.05, 0) is 60.4 Å². The fourth-order valence-electron chi connectivity index (χ4n) is 6.71. The molecule has 2 amide bonds. The predicted molar refractivity (Wildman–Crippen MR) is 155 cm³/mol. The number of hydrogen-bond acceptors (Lipinski definition) is 4. The van der Waals surface area contributed by atoms with E-state index < -0.39 is 11.4 Å². The average molecular weight is 521 g/mol. The van der Waals surface area contributed by atoms with E-state index in [0.717, 1.165) is 49.0 Å². The molecule has 40 heavy (non-hydrogen) atoms. The summed E-state index contributed by atoms with van der Waals surface area (Å²) < 4.78 is 2.34. The predicted octanol–water partition coefficient (Wildman–Crippen LogP) is 6.25. The van der Waals surface area contributed by atoms with E-state index in [2.05, 4.69) is 79.1 Å². The molecule has 6 nitrogen and oxygen atoms in total. The Balaban J connectivity index is 1.61. The molecule has 8 rings (SSSR count). The van der Waals surface area contributed by atoms with Crippen molar-refractivity contribution in [3.63, 3.8) is 0 Å². The van der Waals surface area contributed by atoms with Crippen LogP contribution in [0.2, 0.25) is 0 Å². The van der Waals surface area contributed by atoms with Crippen molar-refractivity contribution < 1.29 is 9.59 Å². The monoisotopic (exact) mass is 520 g/mol. The SMILES string of the molecule is Cc1ccc2c(c1)c1cc(C)ccc1n2C1(c2ncc3c(n2)C(=O)N(C)C3=O)c2ccccc2-c2ccccc21. The van der Waals surface area contributed by atoms with Crippen LogP contribution in [0.4, 0.5) is 0 Å². The topological polar surface area (TPSA) is 68.1 Å². The van der Waals surface area contributed by atoms with Crippen molar-refractivity contribution in [1.82, 2.24) is 19.4 Å². The van der Waals surface area contributed by atoms with Crippen LogP contribution >= 0.6 is 0 Å². The number of aryl methyl sites for hydroxylation is 2. The van der Waals surface area contributed by atoms with Gasteiger partial charge < -0.3 is 4.57 Å². The Morgan fingerprint density at radius 1 is 0.675 bits per heavy atom. The molecule has 0 bridgehead atoms. The zero-order valence-electron chi connectivity index (χ0n) is 22.3. The third-order valence-electron chi connectivity index (χ3n) is 8.49. The van der Waals surface area contributed by atoms with Crippen molar-refractivity contribution in [3.05, 3.63) is 130 Å². The third kappa shape index (κ3) is 2.67. The molecule has 0 N–H and O–H groups in total. The molecule has 1 aliphatic heterocycles. The van der Waals surface area contributed by atoms with E-state index in [1.54, 1.807) is 0 Å². The second-order valence-corrected chi connectivity index (χ2v) is 10.8. The van der Waals surface area contributed by atoms with Crippen LogP contribution in [-0.2, 0) is 5.54 Å². The van der Waals surface area contributed by atoms with E-state index in [1.165, 1.54) is 24.4 Å². The number of nitrogens with zero attached hydrogens (tertiary/aromatic N) is 4. The lowest BCUT2D eigenvalue weighted by molar-refractivity contribution is 0.0691. The van der Waals surface area contributed by atoms with Crippen LogP contribution in [0.1, 0.15) is 48.9 Å². The van der Waals surface area contributed by atoms with Gasteiger partial charge in [-0.2, -0.15) is 0 Å². The van der Waals surface area contributed by atoms with Crippen molar-refractivity contribution in [1.29, 1.82) is 0 Å². The second-order valence-electron chi connectivity index (χ2n) is 10.8. The van der Waals surface area contributed by atoms with Crippen LogP contribution in [0.3, 0.4) is 0 Å². The number of benzene rings is 4. The minimum Gasteiger partial charge on any atom is -0.319 e. The maximum absolute atomic E-state index is 13.2. The standard InChI is InChI=1S/C34H24N4O2/c1-19-12-14-28-23(16-19)24-17-20(2)13-15-29(24)38(28)34(33-35-18-25-30(36-33)32(40)37(3)31(25)39)26-10-6-4-8-21(26)22-9-5-7-11-27(22)34/h4-18H,1-3H3. The third-order valence-corrected chi connectivity index (χ3v) is 8.49. The van der Waals surface area contributed by atoms with E-state index in [9.17, 15) is 9.59 Å². The summed E-state index contributed by atoms with van der Waals surface area (Å²) >= 11 is 0. The highest BCUT2D eigenvalue weighted by molar-refractivity contribution is 6.20. The lowest BCUT2D eigenvalue weighted by atomic mass is 9.85. The lowest BCUT2D eigenvalue weighted by Crippen LogP contribution is -2.38. The van der Waals surface area contributed by atoms with Gasteiger partial charge >= 0.3 is 0 Å². The molecule has 0 atom stereocenters. The molecule has 0 unspecified atom stereocenters. The molecule has 3 heterocycles. The summed E-state index contributed by atoms with van der Waals surface area (Å²) in [6.07, 6.45) is 1.52. The molecule has 2 aromatic heterocycles. The van der Waals surface area contributed by atoms with Crippen LogP contribution in [0, 0.1) is 13.8 Å². The van der Waals surface area contributed by atoms with E-state index >= 15 is 0 Å². The summed E-state index contributed by atoms with van der Waals surface area (Å²) in [4.78, 5) is 36.9.